The molecule has 1 aliphatic heterocycles. The van der Waals surface area contributed by atoms with Gasteiger partial charge in [0, 0.05) is 12.1 Å². The van der Waals surface area contributed by atoms with E-state index in [2.05, 4.69) is 4.98 Å². The van der Waals surface area contributed by atoms with Crippen LogP contribution in [0, 0.1) is 0 Å². The molecular formula is C25H23N3O2. The van der Waals surface area contributed by atoms with Crippen LogP contribution in [0.2, 0.25) is 0 Å². The number of carbonyl (C=O) groups is 1. The number of H-pyrrole nitrogens is 1. The van der Waals surface area contributed by atoms with Gasteiger partial charge in [-0.15, -0.1) is 0 Å². The smallest absolute Gasteiger partial charge is 0.261 e. The van der Waals surface area contributed by atoms with E-state index in [0.29, 0.717) is 0 Å². The molecule has 1 saturated heterocycles. The van der Waals surface area contributed by atoms with E-state index in [9.17, 15) is 4.79 Å². The predicted molar refractivity (Wildman–Crippen MR) is 117 cm³/mol. The zero-order valence-electron chi connectivity index (χ0n) is 16.6. The summed E-state index contributed by atoms with van der Waals surface area (Å²) in [6.45, 7) is 0.741. The first-order chi connectivity index (χ1) is 14.8. The summed E-state index contributed by atoms with van der Waals surface area (Å²) in [7, 11) is 0. The molecule has 1 aliphatic rings. The highest BCUT2D eigenvalue weighted by Gasteiger charge is 2.32. The van der Waals surface area contributed by atoms with Gasteiger partial charge in [0.05, 0.1) is 17.1 Å². The Morgan fingerprint density at radius 1 is 1.00 bits per heavy atom. The number of aromatic nitrogens is 2. The number of benzene rings is 3. The molecule has 3 aromatic carbocycles. The fraction of sp³-hybridized carbons (Fsp3) is 0.200. The fourth-order valence-corrected chi connectivity index (χ4v) is 4.15. The van der Waals surface area contributed by atoms with Gasteiger partial charge in [-0.3, -0.25) is 4.79 Å². The van der Waals surface area contributed by atoms with Crippen LogP contribution < -0.4 is 4.74 Å². The number of nitrogens with one attached hydrogen (secondary N) is 1. The number of ether oxygens (including phenoxy) is 1. The molecule has 1 N–H and O–H groups in total. The number of para-hydroxylation sites is 3. The average molecular weight is 397 g/mol. The van der Waals surface area contributed by atoms with Gasteiger partial charge in [-0.1, -0.05) is 60.7 Å². The molecule has 1 fully saturated rings. The van der Waals surface area contributed by atoms with Gasteiger partial charge >= 0.3 is 0 Å². The number of imidazole rings is 1. The number of rotatable bonds is 5. The van der Waals surface area contributed by atoms with Crippen molar-refractivity contribution in [3.63, 3.8) is 0 Å². The van der Waals surface area contributed by atoms with Gasteiger partial charge in [0.1, 0.15) is 11.6 Å². The second kappa shape index (κ2) is 8.03. The number of hydrogen-bond donors (Lipinski definition) is 1. The first-order valence-electron chi connectivity index (χ1n) is 10.3. The molecule has 0 spiro atoms. The van der Waals surface area contributed by atoms with E-state index in [1.54, 1.807) is 0 Å². The Bertz CT molecular complexity index is 1140. The number of nitrogens with zero attached hydrogens (tertiary/aromatic N) is 2. The largest absolute Gasteiger partial charge is 0.483 e. The first-order valence-corrected chi connectivity index (χ1v) is 10.3. The van der Waals surface area contributed by atoms with Crippen molar-refractivity contribution >= 4 is 16.9 Å². The van der Waals surface area contributed by atoms with Crippen molar-refractivity contribution in [1.82, 2.24) is 14.9 Å². The van der Waals surface area contributed by atoms with E-state index in [0.717, 1.165) is 53.1 Å². The topological polar surface area (TPSA) is 58.2 Å². The van der Waals surface area contributed by atoms with Crippen molar-refractivity contribution in [2.24, 2.45) is 0 Å². The van der Waals surface area contributed by atoms with Crippen LogP contribution >= 0.6 is 0 Å². The molecule has 1 amide bonds. The normalized spacial score (nSPS) is 16.1. The Balaban J connectivity index is 1.32. The predicted octanol–water partition coefficient (Wildman–Crippen LogP) is 4.97. The van der Waals surface area contributed by atoms with Crippen molar-refractivity contribution < 1.29 is 9.53 Å². The second-order valence-corrected chi connectivity index (χ2v) is 7.54. The lowest BCUT2D eigenvalue weighted by Crippen LogP contribution is -2.34. The molecule has 1 aromatic heterocycles. The van der Waals surface area contributed by atoms with Gasteiger partial charge in [0.25, 0.3) is 5.91 Å². The lowest BCUT2D eigenvalue weighted by molar-refractivity contribution is -0.134. The number of fused-ring (bicyclic) bond motifs is 1. The summed E-state index contributed by atoms with van der Waals surface area (Å²) in [5, 5.41) is 0. The van der Waals surface area contributed by atoms with Crippen LogP contribution in [0.25, 0.3) is 22.2 Å². The third kappa shape index (κ3) is 3.54. The summed E-state index contributed by atoms with van der Waals surface area (Å²) in [6.07, 6.45) is 1.88. The lowest BCUT2D eigenvalue weighted by atomic mass is 10.1. The maximum atomic E-state index is 13.0. The van der Waals surface area contributed by atoms with Crippen LogP contribution in [0.3, 0.4) is 0 Å². The minimum absolute atomic E-state index is 0.0131. The SMILES string of the molecule is O=C(COc1ccccc1-c1ccccc1)N1CCC[C@H]1c1nc2ccccc2[nH]1. The van der Waals surface area contributed by atoms with Crippen molar-refractivity contribution in [3.05, 3.63) is 84.7 Å². The Morgan fingerprint density at radius 3 is 2.63 bits per heavy atom. The lowest BCUT2D eigenvalue weighted by Gasteiger charge is -2.23. The van der Waals surface area contributed by atoms with Crippen LogP contribution in [0.1, 0.15) is 24.7 Å². The van der Waals surface area contributed by atoms with E-state index >= 15 is 0 Å². The molecule has 0 bridgehead atoms. The van der Waals surface area contributed by atoms with Crippen LogP contribution in [-0.2, 0) is 4.79 Å². The molecule has 0 radical (unpaired) electrons. The summed E-state index contributed by atoms with van der Waals surface area (Å²) in [4.78, 5) is 23.0. The standard InChI is InChI=1S/C25H23N3O2/c29-24(17-30-23-15-7-4-11-19(23)18-9-2-1-3-10-18)28-16-8-14-22(28)25-26-20-12-5-6-13-21(20)27-25/h1-7,9-13,15,22H,8,14,16-17H2,(H,26,27)/t22-/m0/s1. The van der Waals surface area contributed by atoms with Crippen molar-refractivity contribution in [3.8, 4) is 16.9 Å². The maximum absolute atomic E-state index is 13.0. The first kappa shape index (κ1) is 18.4. The van der Waals surface area contributed by atoms with Gasteiger partial charge in [0.15, 0.2) is 6.61 Å². The van der Waals surface area contributed by atoms with Crippen LogP contribution in [0.15, 0.2) is 78.9 Å². The minimum atomic E-state index is -0.0298. The van der Waals surface area contributed by atoms with E-state index < -0.39 is 0 Å². The molecule has 150 valence electrons. The Labute approximate surface area is 175 Å². The highest BCUT2D eigenvalue weighted by Crippen LogP contribution is 2.33. The molecule has 5 rings (SSSR count). The summed E-state index contributed by atoms with van der Waals surface area (Å²) in [6, 6.07) is 25.8. The zero-order valence-corrected chi connectivity index (χ0v) is 16.6. The number of hydrogen-bond acceptors (Lipinski definition) is 3. The number of aromatic amines is 1. The van der Waals surface area contributed by atoms with E-state index in [1.165, 1.54) is 0 Å². The molecule has 1 atom stereocenters. The van der Waals surface area contributed by atoms with Gasteiger partial charge in [-0.25, -0.2) is 4.98 Å². The summed E-state index contributed by atoms with van der Waals surface area (Å²) in [5.41, 5.74) is 3.99. The highest BCUT2D eigenvalue weighted by atomic mass is 16.5. The fourth-order valence-electron chi connectivity index (χ4n) is 4.15. The van der Waals surface area contributed by atoms with E-state index in [-0.39, 0.29) is 18.6 Å². The molecule has 5 nitrogen and oxygen atoms in total. The monoisotopic (exact) mass is 397 g/mol. The van der Waals surface area contributed by atoms with Crippen molar-refractivity contribution in [2.75, 3.05) is 13.2 Å². The maximum Gasteiger partial charge on any atom is 0.261 e. The summed E-state index contributed by atoms with van der Waals surface area (Å²) < 4.78 is 5.99. The molecule has 0 aliphatic carbocycles. The number of amides is 1. The zero-order chi connectivity index (χ0) is 20.3. The van der Waals surface area contributed by atoms with E-state index in [4.69, 9.17) is 9.72 Å². The Kier molecular flexibility index (Phi) is 4.93. The van der Waals surface area contributed by atoms with Crippen LogP contribution in [0.4, 0.5) is 0 Å². The molecule has 0 saturated carbocycles. The third-order valence-corrected chi connectivity index (χ3v) is 5.62. The second-order valence-electron chi connectivity index (χ2n) is 7.54. The molecule has 4 aromatic rings. The van der Waals surface area contributed by atoms with Crippen LogP contribution in [0.5, 0.6) is 5.75 Å². The molecule has 0 unspecified atom stereocenters. The van der Waals surface area contributed by atoms with Crippen molar-refractivity contribution in [1.29, 1.82) is 0 Å². The highest BCUT2D eigenvalue weighted by molar-refractivity contribution is 5.80. The van der Waals surface area contributed by atoms with Crippen LogP contribution in [-0.4, -0.2) is 33.9 Å². The minimum Gasteiger partial charge on any atom is -0.483 e. The van der Waals surface area contributed by atoms with Gasteiger partial charge in [-0.05, 0) is 36.6 Å². The Morgan fingerprint density at radius 2 is 1.77 bits per heavy atom. The quantitative estimate of drug-likeness (QED) is 0.517. The van der Waals surface area contributed by atoms with Crippen molar-refractivity contribution in [2.45, 2.75) is 18.9 Å². The van der Waals surface area contributed by atoms with Gasteiger partial charge in [-0.2, -0.15) is 0 Å². The number of carbonyl (C=O) groups excluding carboxylic acids is 1. The van der Waals surface area contributed by atoms with Gasteiger partial charge in [0.2, 0.25) is 0 Å². The molecule has 5 heteroatoms. The summed E-state index contributed by atoms with van der Waals surface area (Å²) in [5.74, 6) is 1.56. The van der Waals surface area contributed by atoms with Gasteiger partial charge < -0.3 is 14.6 Å². The summed E-state index contributed by atoms with van der Waals surface area (Å²) >= 11 is 0. The average Bonchev–Trinajstić information content (AvgIpc) is 3.45. The van der Waals surface area contributed by atoms with E-state index in [1.807, 2.05) is 83.8 Å². The number of likely N-dealkylation sites (tertiary alicyclic amines) is 1. The third-order valence-electron chi connectivity index (χ3n) is 5.62. The Hall–Kier alpha value is -3.60. The molecule has 30 heavy (non-hydrogen) atoms. The molecular weight excluding hydrogens is 374 g/mol. The molecule has 2 heterocycles.